The SMILES string of the molecule is CC(C)N(CCNC1CCN(Cc2ccccc2)CC1)C(C)C.O=C(O)C(=O)O. The number of carbonyl (C=O) groups is 2. The van der Waals surface area contributed by atoms with E-state index in [0.717, 1.165) is 19.6 Å². The first-order chi connectivity index (χ1) is 13.7. The molecule has 29 heavy (non-hydrogen) atoms. The summed E-state index contributed by atoms with van der Waals surface area (Å²) in [5.41, 5.74) is 1.43. The molecule has 0 aliphatic carbocycles. The zero-order chi connectivity index (χ0) is 21.8. The molecule has 2 rings (SSSR count). The Morgan fingerprint density at radius 3 is 2.00 bits per heavy atom. The van der Waals surface area contributed by atoms with Crippen molar-refractivity contribution < 1.29 is 19.8 Å². The molecule has 1 aliphatic heterocycles. The molecule has 0 saturated carbocycles. The predicted octanol–water partition coefficient (Wildman–Crippen LogP) is 2.51. The van der Waals surface area contributed by atoms with Crippen LogP contribution in [-0.2, 0) is 16.1 Å². The second-order valence-corrected chi connectivity index (χ2v) is 8.03. The quantitative estimate of drug-likeness (QED) is 0.570. The largest absolute Gasteiger partial charge is 0.473 e. The van der Waals surface area contributed by atoms with Crippen LogP contribution in [0.25, 0.3) is 0 Å². The molecule has 0 spiro atoms. The van der Waals surface area contributed by atoms with Crippen molar-refractivity contribution in [3.05, 3.63) is 35.9 Å². The zero-order valence-corrected chi connectivity index (χ0v) is 18.2. The molecule has 1 aromatic carbocycles. The highest BCUT2D eigenvalue weighted by Crippen LogP contribution is 2.14. The number of benzene rings is 1. The molecule has 0 unspecified atom stereocenters. The van der Waals surface area contributed by atoms with E-state index in [2.05, 4.69) is 73.1 Å². The lowest BCUT2D eigenvalue weighted by atomic mass is 10.0. The summed E-state index contributed by atoms with van der Waals surface area (Å²) in [6.07, 6.45) is 2.55. The summed E-state index contributed by atoms with van der Waals surface area (Å²) in [6.45, 7) is 15.0. The smallest absolute Gasteiger partial charge is 0.414 e. The van der Waals surface area contributed by atoms with Crippen LogP contribution in [0.4, 0.5) is 0 Å². The minimum Gasteiger partial charge on any atom is -0.473 e. The van der Waals surface area contributed by atoms with Gasteiger partial charge in [-0.2, -0.15) is 0 Å². The fourth-order valence-corrected chi connectivity index (χ4v) is 3.65. The van der Waals surface area contributed by atoms with Crippen LogP contribution in [0.5, 0.6) is 0 Å². The second-order valence-electron chi connectivity index (χ2n) is 8.03. The van der Waals surface area contributed by atoms with Gasteiger partial charge >= 0.3 is 11.9 Å². The first kappa shape index (κ1) is 25.1. The van der Waals surface area contributed by atoms with E-state index in [1.807, 2.05) is 0 Å². The molecule has 0 atom stereocenters. The van der Waals surface area contributed by atoms with Gasteiger partial charge in [-0.25, -0.2) is 9.59 Å². The molecule has 0 bridgehead atoms. The van der Waals surface area contributed by atoms with Crippen LogP contribution in [0.1, 0.15) is 46.1 Å². The van der Waals surface area contributed by atoms with Gasteiger partial charge in [0.2, 0.25) is 0 Å². The summed E-state index contributed by atoms with van der Waals surface area (Å²) in [4.78, 5) is 23.4. The van der Waals surface area contributed by atoms with Gasteiger partial charge in [0.1, 0.15) is 0 Å². The third-order valence-electron chi connectivity index (χ3n) is 5.15. The lowest BCUT2D eigenvalue weighted by Gasteiger charge is -2.34. The standard InChI is InChI=1S/C20H35N3.C2H2O4/c1-17(2)23(18(3)4)15-12-21-20-10-13-22(14-11-20)16-19-8-6-5-7-9-19;3-1(4)2(5)6/h5-9,17-18,20-21H,10-16H2,1-4H3;(H,3,4)(H,5,6). The molecule has 1 aromatic rings. The maximum Gasteiger partial charge on any atom is 0.414 e. The number of nitrogens with zero attached hydrogens (tertiary/aromatic N) is 2. The van der Waals surface area contributed by atoms with Gasteiger partial charge in [-0.1, -0.05) is 30.3 Å². The molecule has 0 aromatic heterocycles. The van der Waals surface area contributed by atoms with Gasteiger partial charge in [0.25, 0.3) is 0 Å². The van der Waals surface area contributed by atoms with E-state index in [0.29, 0.717) is 18.1 Å². The molecule has 164 valence electrons. The second kappa shape index (κ2) is 13.3. The summed E-state index contributed by atoms with van der Waals surface area (Å²) in [7, 11) is 0. The lowest BCUT2D eigenvalue weighted by Crippen LogP contribution is -2.46. The molecule has 7 heteroatoms. The van der Waals surface area contributed by atoms with Crippen LogP contribution in [0.15, 0.2) is 30.3 Å². The number of piperidine rings is 1. The van der Waals surface area contributed by atoms with Crippen LogP contribution in [-0.4, -0.2) is 76.3 Å². The van der Waals surface area contributed by atoms with E-state index in [-0.39, 0.29) is 0 Å². The van der Waals surface area contributed by atoms with Crippen molar-refractivity contribution in [3.8, 4) is 0 Å². The number of likely N-dealkylation sites (tertiary alicyclic amines) is 1. The topological polar surface area (TPSA) is 93.1 Å². The van der Waals surface area contributed by atoms with Crippen molar-refractivity contribution >= 4 is 11.9 Å². The van der Waals surface area contributed by atoms with Crippen molar-refractivity contribution in [2.75, 3.05) is 26.2 Å². The van der Waals surface area contributed by atoms with E-state index < -0.39 is 11.9 Å². The van der Waals surface area contributed by atoms with Gasteiger partial charge in [-0.3, -0.25) is 9.80 Å². The molecule has 1 heterocycles. The van der Waals surface area contributed by atoms with Gasteiger partial charge < -0.3 is 15.5 Å². The molecule has 3 N–H and O–H groups in total. The Bertz CT molecular complexity index is 579. The van der Waals surface area contributed by atoms with Crippen molar-refractivity contribution in [2.24, 2.45) is 0 Å². The first-order valence-electron chi connectivity index (χ1n) is 10.4. The van der Waals surface area contributed by atoms with Crippen molar-refractivity contribution in [3.63, 3.8) is 0 Å². The van der Waals surface area contributed by atoms with Gasteiger partial charge in [0.05, 0.1) is 0 Å². The molecule has 0 radical (unpaired) electrons. The Hall–Kier alpha value is -1.96. The molecule has 0 amide bonds. The molecular formula is C22H37N3O4. The number of nitrogens with one attached hydrogen (secondary N) is 1. The molecule has 7 nitrogen and oxygen atoms in total. The van der Waals surface area contributed by atoms with Gasteiger partial charge in [0, 0.05) is 37.8 Å². The Labute approximate surface area is 174 Å². The Balaban J connectivity index is 0.000000612. The predicted molar refractivity (Wildman–Crippen MR) is 115 cm³/mol. The maximum absolute atomic E-state index is 9.10. The van der Waals surface area contributed by atoms with Crippen molar-refractivity contribution in [1.82, 2.24) is 15.1 Å². The third kappa shape index (κ3) is 10.4. The molecule has 1 fully saturated rings. The van der Waals surface area contributed by atoms with Crippen molar-refractivity contribution in [2.45, 2.75) is 65.2 Å². The molecule has 1 saturated heterocycles. The number of hydrogen-bond acceptors (Lipinski definition) is 5. The number of carboxylic acid groups (broad SMARTS) is 2. The normalized spacial score (nSPS) is 15.4. The minimum atomic E-state index is -1.82. The lowest BCUT2D eigenvalue weighted by molar-refractivity contribution is -0.159. The van der Waals surface area contributed by atoms with Crippen LogP contribution < -0.4 is 5.32 Å². The average molecular weight is 408 g/mol. The van der Waals surface area contributed by atoms with Crippen LogP contribution in [0.3, 0.4) is 0 Å². The van der Waals surface area contributed by atoms with E-state index in [9.17, 15) is 0 Å². The summed E-state index contributed by atoms with van der Waals surface area (Å²) in [5, 5.41) is 18.6. The van der Waals surface area contributed by atoms with E-state index in [1.54, 1.807) is 0 Å². The summed E-state index contributed by atoms with van der Waals surface area (Å²) in [5.74, 6) is -3.65. The number of aliphatic carboxylic acids is 2. The van der Waals surface area contributed by atoms with E-state index in [4.69, 9.17) is 19.8 Å². The molecular weight excluding hydrogens is 370 g/mol. The summed E-state index contributed by atoms with van der Waals surface area (Å²) in [6, 6.07) is 12.8. The molecule has 1 aliphatic rings. The van der Waals surface area contributed by atoms with Crippen LogP contribution in [0, 0.1) is 0 Å². The van der Waals surface area contributed by atoms with Crippen molar-refractivity contribution in [1.29, 1.82) is 0 Å². The average Bonchev–Trinajstić information content (AvgIpc) is 2.67. The van der Waals surface area contributed by atoms with Gasteiger partial charge in [0.15, 0.2) is 0 Å². The maximum atomic E-state index is 9.10. The highest BCUT2D eigenvalue weighted by Gasteiger charge is 2.19. The van der Waals surface area contributed by atoms with E-state index in [1.165, 1.54) is 31.5 Å². The Morgan fingerprint density at radius 2 is 1.55 bits per heavy atom. The third-order valence-corrected chi connectivity index (χ3v) is 5.15. The van der Waals surface area contributed by atoms with Gasteiger partial charge in [-0.05, 0) is 59.2 Å². The number of rotatable bonds is 8. The highest BCUT2D eigenvalue weighted by molar-refractivity contribution is 6.27. The van der Waals surface area contributed by atoms with Gasteiger partial charge in [-0.15, -0.1) is 0 Å². The fourth-order valence-electron chi connectivity index (χ4n) is 3.65. The first-order valence-corrected chi connectivity index (χ1v) is 10.4. The summed E-state index contributed by atoms with van der Waals surface area (Å²) >= 11 is 0. The Morgan fingerprint density at radius 1 is 1.03 bits per heavy atom. The summed E-state index contributed by atoms with van der Waals surface area (Å²) < 4.78 is 0. The zero-order valence-electron chi connectivity index (χ0n) is 18.2. The minimum absolute atomic E-state index is 0.629. The van der Waals surface area contributed by atoms with E-state index >= 15 is 0 Å². The van der Waals surface area contributed by atoms with Crippen LogP contribution >= 0.6 is 0 Å². The van der Waals surface area contributed by atoms with Crippen LogP contribution in [0.2, 0.25) is 0 Å². The highest BCUT2D eigenvalue weighted by atomic mass is 16.4. The monoisotopic (exact) mass is 407 g/mol. The number of carboxylic acids is 2. The fraction of sp³-hybridized carbons (Fsp3) is 0.636. The Kier molecular flexibility index (Phi) is 11.5. The number of hydrogen-bond donors (Lipinski definition) is 3.